The van der Waals surface area contributed by atoms with E-state index in [2.05, 4.69) is 39.2 Å². The van der Waals surface area contributed by atoms with E-state index in [-0.39, 0.29) is 17.0 Å². The molecule has 16 heavy (non-hydrogen) atoms. The molecule has 0 bridgehead atoms. The Balaban J connectivity index is 2.56. The van der Waals surface area contributed by atoms with Gasteiger partial charge >= 0.3 is 0 Å². The Hall–Kier alpha value is -0.353. The van der Waals surface area contributed by atoms with E-state index in [9.17, 15) is 4.79 Å². The van der Waals surface area contributed by atoms with Crippen molar-refractivity contribution < 1.29 is 9.22 Å². The van der Waals surface area contributed by atoms with Crippen LogP contribution in [-0.4, -0.2) is 26.9 Å². The third kappa shape index (κ3) is 3.59. The molecule has 1 atom stereocenters. The molecule has 0 aromatic carbocycles. The van der Waals surface area contributed by atoms with Gasteiger partial charge in [-0.3, -0.25) is 4.79 Å². The number of hydrogen-bond donors (Lipinski definition) is 1. The van der Waals surface area contributed by atoms with Crippen molar-refractivity contribution in [3.8, 4) is 0 Å². The minimum Gasteiger partial charge on any atom is -0.412 e. The number of carbonyl (C=O) groups excluding carboxylic acids is 1. The van der Waals surface area contributed by atoms with Gasteiger partial charge < -0.3 is 9.74 Å². The average molecular weight is 243 g/mol. The van der Waals surface area contributed by atoms with E-state index in [0.717, 1.165) is 12.8 Å². The molecule has 4 heteroatoms. The first-order valence-electron chi connectivity index (χ1n) is 6.17. The summed E-state index contributed by atoms with van der Waals surface area (Å²) >= 11 is 0. The second-order valence-electron chi connectivity index (χ2n) is 6.20. The van der Waals surface area contributed by atoms with Crippen molar-refractivity contribution in [2.45, 2.75) is 64.3 Å². The van der Waals surface area contributed by atoms with Gasteiger partial charge in [-0.1, -0.05) is 20.8 Å². The van der Waals surface area contributed by atoms with E-state index in [1.807, 2.05) is 0 Å². The first kappa shape index (κ1) is 13.7. The third-order valence-corrected chi connectivity index (χ3v) is 8.26. The molecular weight excluding hydrogens is 218 g/mol. The highest BCUT2D eigenvalue weighted by atomic mass is 28.4. The summed E-state index contributed by atoms with van der Waals surface area (Å²) in [5, 5.41) is 3.17. The van der Waals surface area contributed by atoms with E-state index in [1.165, 1.54) is 0 Å². The van der Waals surface area contributed by atoms with Gasteiger partial charge in [0, 0.05) is 13.0 Å². The Bertz CT molecular complexity index is 258. The maximum Gasteiger partial charge on any atom is 0.220 e. The smallest absolute Gasteiger partial charge is 0.220 e. The molecule has 0 aliphatic carbocycles. The van der Waals surface area contributed by atoms with Crippen molar-refractivity contribution >= 4 is 14.2 Å². The Morgan fingerprint density at radius 2 is 2.00 bits per heavy atom. The molecule has 1 rings (SSSR count). The number of carbonyl (C=O) groups is 1. The summed E-state index contributed by atoms with van der Waals surface area (Å²) in [6.45, 7) is 11.9. The van der Waals surface area contributed by atoms with Gasteiger partial charge in [-0.25, -0.2) is 0 Å². The average Bonchev–Trinajstić information content (AvgIpc) is 2.28. The van der Waals surface area contributed by atoms with Crippen LogP contribution < -0.4 is 5.32 Å². The predicted molar refractivity (Wildman–Crippen MR) is 68.9 cm³/mol. The van der Waals surface area contributed by atoms with E-state index in [1.54, 1.807) is 0 Å². The van der Waals surface area contributed by atoms with Crippen molar-refractivity contribution in [1.82, 2.24) is 5.32 Å². The fraction of sp³-hybridized carbons (Fsp3) is 0.917. The Morgan fingerprint density at radius 3 is 2.56 bits per heavy atom. The highest BCUT2D eigenvalue weighted by molar-refractivity contribution is 6.74. The maximum atomic E-state index is 11.2. The molecule has 1 saturated heterocycles. The molecular formula is C12H25NO2Si. The van der Waals surface area contributed by atoms with Gasteiger partial charge in [0.15, 0.2) is 8.32 Å². The molecule has 1 N–H and O–H groups in total. The van der Waals surface area contributed by atoms with Crippen molar-refractivity contribution in [2.24, 2.45) is 0 Å². The first-order chi connectivity index (χ1) is 7.22. The predicted octanol–water partition coefficient (Wildman–Crippen LogP) is 2.68. The van der Waals surface area contributed by atoms with Gasteiger partial charge in [0.05, 0.1) is 6.10 Å². The summed E-state index contributed by atoms with van der Waals surface area (Å²) in [5.74, 6) is 0.168. The molecule has 0 spiro atoms. The fourth-order valence-electron chi connectivity index (χ4n) is 1.60. The first-order valence-corrected chi connectivity index (χ1v) is 9.08. The number of amides is 1. The van der Waals surface area contributed by atoms with E-state index >= 15 is 0 Å². The zero-order valence-corrected chi connectivity index (χ0v) is 12.2. The zero-order valence-electron chi connectivity index (χ0n) is 11.2. The molecule has 1 fully saturated rings. The molecule has 0 saturated carbocycles. The Labute approximate surface area is 100 Å². The Kier molecular flexibility index (Phi) is 4.18. The minimum absolute atomic E-state index is 0.168. The van der Waals surface area contributed by atoms with Gasteiger partial charge in [0.1, 0.15) is 0 Å². The summed E-state index contributed by atoms with van der Waals surface area (Å²) in [6.07, 6.45) is 2.82. The van der Waals surface area contributed by atoms with Crippen molar-refractivity contribution in [3.63, 3.8) is 0 Å². The van der Waals surface area contributed by atoms with E-state index < -0.39 is 8.32 Å². The van der Waals surface area contributed by atoms with E-state index in [4.69, 9.17) is 4.43 Å². The van der Waals surface area contributed by atoms with Crippen LogP contribution in [0.4, 0.5) is 0 Å². The molecule has 1 heterocycles. The SMILES string of the molecule is CC(C)(C)[Si](C)(C)O[C@@H]1CCCC(=O)NC1. The topological polar surface area (TPSA) is 38.3 Å². The van der Waals surface area contributed by atoms with Gasteiger partial charge in [0.2, 0.25) is 5.91 Å². The summed E-state index contributed by atoms with van der Waals surface area (Å²) in [5.41, 5.74) is 0. The van der Waals surface area contributed by atoms with Gasteiger partial charge in [-0.05, 0) is 31.0 Å². The van der Waals surface area contributed by atoms with Crippen LogP contribution in [0.25, 0.3) is 0 Å². The number of rotatable bonds is 2. The van der Waals surface area contributed by atoms with Gasteiger partial charge in [-0.2, -0.15) is 0 Å². The maximum absolute atomic E-state index is 11.2. The molecule has 3 nitrogen and oxygen atoms in total. The van der Waals surface area contributed by atoms with Crippen LogP contribution in [0.1, 0.15) is 40.0 Å². The fourth-order valence-corrected chi connectivity index (χ4v) is 2.99. The van der Waals surface area contributed by atoms with Crippen LogP contribution in [0.5, 0.6) is 0 Å². The molecule has 94 valence electrons. The normalized spacial score (nSPS) is 23.8. The van der Waals surface area contributed by atoms with Crippen molar-refractivity contribution in [3.05, 3.63) is 0 Å². The van der Waals surface area contributed by atoms with Crippen LogP contribution in [0.15, 0.2) is 0 Å². The van der Waals surface area contributed by atoms with Crippen molar-refractivity contribution in [1.29, 1.82) is 0 Å². The highest BCUT2D eigenvalue weighted by Crippen LogP contribution is 2.37. The number of nitrogens with one attached hydrogen (secondary N) is 1. The molecule has 1 aliphatic rings. The third-order valence-electron chi connectivity index (χ3n) is 3.72. The second kappa shape index (κ2) is 4.88. The standard InChI is InChI=1S/C12H25NO2Si/c1-12(2,3)16(4,5)15-10-7-6-8-11(14)13-9-10/h10H,6-9H2,1-5H3,(H,13,14)/t10-/m1/s1. The van der Waals surface area contributed by atoms with Gasteiger partial charge in [0.25, 0.3) is 0 Å². The monoisotopic (exact) mass is 243 g/mol. The van der Waals surface area contributed by atoms with Crippen LogP contribution >= 0.6 is 0 Å². The summed E-state index contributed by atoms with van der Waals surface area (Å²) < 4.78 is 6.30. The summed E-state index contributed by atoms with van der Waals surface area (Å²) in [6, 6.07) is 0. The van der Waals surface area contributed by atoms with E-state index in [0.29, 0.717) is 13.0 Å². The van der Waals surface area contributed by atoms with Crippen LogP contribution in [0, 0.1) is 0 Å². The highest BCUT2D eigenvalue weighted by Gasteiger charge is 2.39. The lowest BCUT2D eigenvalue weighted by Gasteiger charge is -2.39. The molecule has 0 aromatic rings. The lowest BCUT2D eigenvalue weighted by atomic mass is 10.2. The second-order valence-corrected chi connectivity index (χ2v) is 11.0. The van der Waals surface area contributed by atoms with Crippen LogP contribution in [0.2, 0.25) is 18.1 Å². The van der Waals surface area contributed by atoms with Gasteiger partial charge in [-0.15, -0.1) is 0 Å². The molecule has 1 amide bonds. The zero-order chi connectivity index (χ0) is 12.4. The minimum atomic E-state index is -1.69. The summed E-state index contributed by atoms with van der Waals surface area (Å²) in [4.78, 5) is 11.2. The molecule has 0 aromatic heterocycles. The van der Waals surface area contributed by atoms with Crippen LogP contribution in [0.3, 0.4) is 0 Å². The lowest BCUT2D eigenvalue weighted by molar-refractivity contribution is -0.120. The molecule has 0 unspecified atom stereocenters. The summed E-state index contributed by atoms with van der Waals surface area (Å²) in [7, 11) is -1.69. The lowest BCUT2D eigenvalue weighted by Crippen LogP contribution is -2.46. The molecule has 0 radical (unpaired) electrons. The quantitative estimate of drug-likeness (QED) is 0.757. The Morgan fingerprint density at radius 1 is 1.38 bits per heavy atom. The van der Waals surface area contributed by atoms with Crippen molar-refractivity contribution in [2.75, 3.05) is 6.54 Å². The van der Waals surface area contributed by atoms with Crippen LogP contribution in [-0.2, 0) is 9.22 Å². The molecule has 1 aliphatic heterocycles. The number of hydrogen-bond acceptors (Lipinski definition) is 2. The largest absolute Gasteiger partial charge is 0.412 e.